The molecular formula is C55H32S. The van der Waals surface area contributed by atoms with E-state index in [-0.39, 0.29) is 0 Å². The van der Waals surface area contributed by atoms with E-state index >= 15 is 0 Å². The van der Waals surface area contributed by atoms with Crippen molar-refractivity contribution in [2.24, 2.45) is 0 Å². The van der Waals surface area contributed by atoms with Crippen LogP contribution in [0.15, 0.2) is 204 Å². The van der Waals surface area contributed by atoms with Crippen molar-refractivity contribution in [1.82, 2.24) is 0 Å². The lowest BCUT2D eigenvalue weighted by Crippen LogP contribution is -2.25. The van der Waals surface area contributed by atoms with Crippen LogP contribution in [0.4, 0.5) is 0 Å². The van der Waals surface area contributed by atoms with Gasteiger partial charge in [0.1, 0.15) is 0 Å². The van der Waals surface area contributed by atoms with Crippen LogP contribution in [0.2, 0.25) is 0 Å². The van der Waals surface area contributed by atoms with Crippen molar-refractivity contribution in [2.45, 2.75) is 15.2 Å². The van der Waals surface area contributed by atoms with E-state index in [2.05, 4.69) is 194 Å². The highest BCUT2D eigenvalue weighted by atomic mass is 32.2. The standard InChI is InChI=1S/C55H32S/c1-2-14-39-33(11-1)24-29-49-54(39)45-18-6-8-21-48(45)55(49)47-20-7-5-17-42(47)43-26-23-36(32-50(43)55)38-28-27-37(40-15-3-4-16-41(38)40)35-25-30-51-46(31-35)44-19-9-12-34-13-10-22-52(56-51)53(34)44/h1-32H. The van der Waals surface area contributed by atoms with Gasteiger partial charge in [-0.15, -0.1) is 0 Å². The van der Waals surface area contributed by atoms with Gasteiger partial charge in [0.2, 0.25) is 0 Å². The van der Waals surface area contributed by atoms with Gasteiger partial charge in [-0.3, -0.25) is 0 Å². The van der Waals surface area contributed by atoms with Crippen molar-refractivity contribution >= 4 is 44.1 Å². The molecule has 258 valence electrons. The van der Waals surface area contributed by atoms with Gasteiger partial charge in [-0.2, -0.15) is 0 Å². The molecule has 0 saturated heterocycles. The van der Waals surface area contributed by atoms with E-state index in [9.17, 15) is 0 Å². The summed E-state index contributed by atoms with van der Waals surface area (Å²) < 4.78 is 0. The van der Waals surface area contributed by atoms with Crippen LogP contribution in [0.25, 0.3) is 88.0 Å². The lowest BCUT2D eigenvalue weighted by atomic mass is 9.70. The number of fused-ring (bicyclic) bond motifs is 15. The first-order valence-electron chi connectivity index (χ1n) is 19.5. The molecule has 1 unspecified atom stereocenters. The Bertz CT molecular complexity index is 3340. The average molecular weight is 725 g/mol. The molecule has 1 atom stereocenters. The van der Waals surface area contributed by atoms with Crippen molar-refractivity contribution in [3.05, 3.63) is 216 Å². The summed E-state index contributed by atoms with van der Waals surface area (Å²) in [6, 6.07) is 73.3. The van der Waals surface area contributed by atoms with E-state index in [1.54, 1.807) is 0 Å². The molecule has 0 saturated carbocycles. The van der Waals surface area contributed by atoms with Crippen LogP contribution in [0.5, 0.6) is 0 Å². The Labute approximate surface area is 329 Å². The first kappa shape index (κ1) is 30.6. The lowest BCUT2D eigenvalue weighted by molar-refractivity contribution is 0.795. The number of rotatable bonds is 2. The van der Waals surface area contributed by atoms with Crippen LogP contribution < -0.4 is 0 Å². The molecule has 1 spiro atoms. The largest absolute Gasteiger partial charge is 0.0888 e. The van der Waals surface area contributed by atoms with Gasteiger partial charge in [-0.25, -0.2) is 0 Å². The quantitative estimate of drug-likeness (QED) is 0.171. The summed E-state index contributed by atoms with van der Waals surface area (Å²) in [5.41, 5.74) is 18.1. The molecule has 0 radical (unpaired) electrons. The topological polar surface area (TPSA) is 0 Å². The minimum Gasteiger partial charge on any atom is -0.0888 e. The average Bonchev–Trinajstić information content (AvgIpc) is 3.73. The normalized spacial score (nSPS) is 15.5. The summed E-state index contributed by atoms with van der Waals surface area (Å²) in [4.78, 5) is 2.65. The Balaban J connectivity index is 1.02. The van der Waals surface area contributed by atoms with Gasteiger partial charge < -0.3 is 0 Å². The molecule has 13 rings (SSSR count). The number of hydrogen-bond donors (Lipinski definition) is 0. The van der Waals surface area contributed by atoms with E-state index in [0.29, 0.717) is 0 Å². The molecule has 0 N–H and O–H groups in total. The monoisotopic (exact) mass is 724 g/mol. The molecule has 0 aromatic heterocycles. The van der Waals surface area contributed by atoms with Gasteiger partial charge in [-0.05, 0) is 129 Å². The molecular weight excluding hydrogens is 693 g/mol. The molecule has 1 heteroatoms. The second-order valence-electron chi connectivity index (χ2n) is 15.5. The third kappa shape index (κ3) is 3.90. The van der Waals surface area contributed by atoms with Crippen LogP contribution in [0.3, 0.4) is 0 Å². The fourth-order valence-corrected chi connectivity index (χ4v) is 11.7. The minimum absolute atomic E-state index is 0.406. The van der Waals surface area contributed by atoms with Crippen molar-refractivity contribution < 1.29 is 0 Å². The molecule has 0 fully saturated rings. The third-order valence-corrected chi connectivity index (χ3v) is 14.0. The van der Waals surface area contributed by atoms with Crippen molar-refractivity contribution in [3.63, 3.8) is 0 Å². The molecule has 56 heavy (non-hydrogen) atoms. The first-order valence-corrected chi connectivity index (χ1v) is 20.3. The van der Waals surface area contributed by atoms with Gasteiger partial charge in [0.15, 0.2) is 0 Å². The highest BCUT2D eigenvalue weighted by molar-refractivity contribution is 7.99. The zero-order valence-corrected chi connectivity index (χ0v) is 31.2. The second-order valence-corrected chi connectivity index (χ2v) is 16.6. The summed E-state index contributed by atoms with van der Waals surface area (Å²) in [7, 11) is 0. The van der Waals surface area contributed by atoms with E-state index in [1.807, 2.05) is 11.8 Å². The predicted molar refractivity (Wildman–Crippen MR) is 236 cm³/mol. The molecule has 0 amide bonds. The van der Waals surface area contributed by atoms with E-state index in [1.165, 1.54) is 120 Å². The fourth-order valence-electron chi connectivity index (χ4n) is 10.6. The van der Waals surface area contributed by atoms with Crippen molar-refractivity contribution in [1.29, 1.82) is 0 Å². The smallest absolute Gasteiger partial charge is 0.0725 e. The van der Waals surface area contributed by atoms with Gasteiger partial charge in [0.05, 0.1) is 5.41 Å². The summed E-state index contributed by atoms with van der Waals surface area (Å²) in [6.07, 6.45) is 0. The molecule has 1 heterocycles. The maximum absolute atomic E-state index is 2.52. The van der Waals surface area contributed by atoms with Crippen molar-refractivity contribution in [2.75, 3.05) is 0 Å². The van der Waals surface area contributed by atoms with E-state index in [4.69, 9.17) is 0 Å². The molecule has 3 aliphatic rings. The van der Waals surface area contributed by atoms with Crippen LogP contribution in [-0.2, 0) is 5.41 Å². The predicted octanol–water partition coefficient (Wildman–Crippen LogP) is 15.0. The molecule has 10 aromatic carbocycles. The molecule has 10 aromatic rings. The Morgan fingerprint density at radius 3 is 1.71 bits per heavy atom. The number of benzene rings is 10. The minimum atomic E-state index is -0.406. The third-order valence-electron chi connectivity index (χ3n) is 12.9. The van der Waals surface area contributed by atoms with Crippen LogP contribution in [0, 0.1) is 0 Å². The van der Waals surface area contributed by atoms with Crippen LogP contribution in [0.1, 0.15) is 22.3 Å². The van der Waals surface area contributed by atoms with Crippen molar-refractivity contribution in [3.8, 4) is 55.6 Å². The highest BCUT2D eigenvalue weighted by Gasteiger charge is 2.52. The fraction of sp³-hybridized carbons (Fsp3) is 0.0182. The van der Waals surface area contributed by atoms with E-state index < -0.39 is 5.41 Å². The van der Waals surface area contributed by atoms with Crippen LogP contribution in [-0.4, -0.2) is 0 Å². The zero-order chi connectivity index (χ0) is 36.5. The first-order chi connectivity index (χ1) is 27.8. The second kappa shape index (κ2) is 11.2. The van der Waals surface area contributed by atoms with E-state index in [0.717, 1.165) is 0 Å². The molecule has 0 bridgehead atoms. The summed E-state index contributed by atoms with van der Waals surface area (Å²) in [5, 5.41) is 7.81. The maximum atomic E-state index is 2.52. The molecule has 1 aliphatic heterocycles. The lowest BCUT2D eigenvalue weighted by Gasteiger charge is -2.31. The zero-order valence-electron chi connectivity index (χ0n) is 30.4. The van der Waals surface area contributed by atoms with Gasteiger partial charge >= 0.3 is 0 Å². The molecule has 0 nitrogen and oxygen atoms in total. The number of hydrogen-bond acceptors (Lipinski definition) is 1. The Morgan fingerprint density at radius 1 is 0.304 bits per heavy atom. The highest BCUT2D eigenvalue weighted by Crippen LogP contribution is 2.64. The summed E-state index contributed by atoms with van der Waals surface area (Å²) in [5.74, 6) is 0. The molecule has 2 aliphatic carbocycles. The van der Waals surface area contributed by atoms with Gasteiger partial charge in [0.25, 0.3) is 0 Å². The Morgan fingerprint density at radius 2 is 0.893 bits per heavy atom. The Hall–Kier alpha value is -6.67. The summed E-state index contributed by atoms with van der Waals surface area (Å²) in [6.45, 7) is 0. The summed E-state index contributed by atoms with van der Waals surface area (Å²) >= 11 is 1.89. The maximum Gasteiger partial charge on any atom is 0.0725 e. The van der Waals surface area contributed by atoms with Gasteiger partial charge in [0, 0.05) is 15.2 Å². The van der Waals surface area contributed by atoms with Crippen LogP contribution >= 0.6 is 11.8 Å². The Kier molecular flexibility index (Phi) is 6.13. The SMILES string of the molecule is c1ccc2c(c1)-c1ccc(-c3ccc(-c4ccc5c(c4)-c4cccc6cccc(c46)S5)c4ccccc34)cc1C21c2ccccc2-c2c1ccc1ccccc21. The van der Waals surface area contributed by atoms with Gasteiger partial charge in [-0.1, -0.05) is 182 Å².